The minimum Gasteiger partial charge on any atom is -0.349 e. The Morgan fingerprint density at radius 3 is 2.79 bits per heavy atom. The molecule has 0 radical (unpaired) electrons. The number of anilines is 1. The molecule has 0 bridgehead atoms. The molecule has 0 aromatic carbocycles. The molecule has 1 fully saturated rings. The molecule has 1 aliphatic rings. The molecule has 2 rings (SSSR count). The van der Waals surface area contributed by atoms with Gasteiger partial charge >= 0.3 is 0 Å². The molecule has 19 heavy (non-hydrogen) atoms. The second-order valence-corrected chi connectivity index (χ2v) is 5.16. The first-order chi connectivity index (χ1) is 9.04. The molecule has 0 saturated heterocycles. The number of aromatic nitrogens is 1. The van der Waals surface area contributed by atoms with Crippen molar-refractivity contribution in [1.82, 2.24) is 10.3 Å². The van der Waals surface area contributed by atoms with Crippen LogP contribution in [-0.2, 0) is 0 Å². The summed E-state index contributed by atoms with van der Waals surface area (Å²) < 4.78 is 13.9. The van der Waals surface area contributed by atoms with Crippen molar-refractivity contribution in [1.29, 1.82) is 0 Å². The number of halogens is 1. The van der Waals surface area contributed by atoms with Crippen LogP contribution in [0.2, 0.25) is 0 Å². The Bertz CT molecular complexity index is 480. The van der Waals surface area contributed by atoms with Gasteiger partial charge in [-0.15, -0.1) is 0 Å². The van der Waals surface area contributed by atoms with Crippen LogP contribution in [0.5, 0.6) is 0 Å². The maximum absolute atomic E-state index is 13.9. The summed E-state index contributed by atoms with van der Waals surface area (Å²) in [5.41, 5.74) is 2.10. The molecule has 1 saturated carbocycles. The van der Waals surface area contributed by atoms with E-state index in [9.17, 15) is 9.18 Å². The van der Waals surface area contributed by atoms with E-state index in [4.69, 9.17) is 5.84 Å². The van der Waals surface area contributed by atoms with Crippen molar-refractivity contribution in [3.8, 4) is 0 Å². The fourth-order valence-electron chi connectivity index (χ4n) is 2.53. The zero-order chi connectivity index (χ0) is 14.0. The van der Waals surface area contributed by atoms with E-state index in [1.807, 2.05) is 0 Å². The van der Waals surface area contributed by atoms with Crippen LogP contribution in [0.4, 0.5) is 10.2 Å². The van der Waals surface area contributed by atoms with Gasteiger partial charge in [-0.2, -0.15) is 0 Å². The van der Waals surface area contributed by atoms with E-state index in [-0.39, 0.29) is 17.4 Å². The van der Waals surface area contributed by atoms with Gasteiger partial charge < -0.3 is 10.7 Å². The SMILES string of the molecule is CC1CCC(NC(=O)c2ccnc(NN)c2F)C1C. The average Bonchev–Trinajstić information content (AvgIpc) is 2.71. The van der Waals surface area contributed by atoms with Crippen LogP contribution >= 0.6 is 0 Å². The Balaban J connectivity index is 2.12. The second kappa shape index (κ2) is 5.52. The summed E-state index contributed by atoms with van der Waals surface area (Å²) in [6, 6.07) is 1.46. The van der Waals surface area contributed by atoms with Gasteiger partial charge in [-0.05, 0) is 30.7 Å². The monoisotopic (exact) mass is 266 g/mol. The van der Waals surface area contributed by atoms with Crippen LogP contribution in [0.3, 0.4) is 0 Å². The average molecular weight is 266 g/mol. The Kier molecular flexibility index (Phi) is 3.99. The molecule has 3 unspecified atom stereocenters. The summed E-state index contributed by atoms with van der Waals surface area (Å²) in [6.07, 6.45) is 3.37. The van der Waals surface area contributed by atoms with Crippen molar-refractivity contribution < 1.29 is 9.18 Å². The zero-order valence-electron chi connectivity index (χ0n) is 11.1. The number of nitrogens with one attached hydrogen (secondary N) is 2. The standard InChI is InChI=1S/C13H19FN4O/c1-7-3-4-10(8(7)2)17-13(19)9-5-6-16-12(18-15)11(9)14/h5-8,10H,3-4,15H2,1-2H3,(H,16,18)(H,17,19). The smallest absolute Gasteiger partial charge is 0.254 e. The highest BCUT2D eigenvalue weighted by atomic mass is 19.1. The van der Waals surface area contributed by atoms with Crippen LogP contribution in [0.15, 0.2) is 12.3 Å². The number of hydrogen-bond donors (Lipinski definition) is 3. The number of carbonyl (C=O) groups is 1. The Morgan fingerprint density at radius 2 is 2.21 bits per heavy atom. The van der Waals surface area contributed by atoms with Gasteiger partial charge in [0, 0.05) is 12.2 Å². The molecular formula is C13H19FN4O. The van der Waals surface area contributed by atoms with Crippen molar-refractivity contribution in [2.45, 2.75) is 32.7 Å². The third-order valence-electron chi connectivity index (χ3n) is 4.05. The lowest BCUT2D eigenvalue weighted by molar-refractivity contribution is 0.0923. The zero-order valence-corrected chi connectivity index (χ0v) is 11.1. The predicted molar refractivity (Wildman–Crippen MR) is 70.8 cm³/mol. The van der Waals surface area contributed by atoms with E-state index in [1.165, 1.54) is 12.3 Å². The second-order valence-electron chi connectivity index (χ2n) is 5.16. The van der Waals surface area contributed by atoms with Gasteiger partial charge in [0.25, 0.3) is 5.91 Å². The Morgan fingerprint density at radius 1 is 1.47 bits per heavy atom. The molecule has 4 N–H and O–H groups in total. The Labute approximate surface area is 111 Å². The van der Waals surface area contributed by atoms with Gasteiger partial charge in [-0.3, -0.25) is 4.79 Å². The molecular weight excluding hydrogens is 247 g/mol. The van der Waals surface area contributed by atoms with E-state index in [2.05, 4.69) is 29.6 Å². The minimum atomic E-state index is -0.721. The molecule has 0 spiro atoms. The third kappa shape index (κ3) is 2.68. The van der Waals surface area contributed by atoms with Crippen LogP contribution in [0.1, 0.15) is 37.0 Å². The molecule has 6 heteroatoms. The van der Waals surface area contributed by atoms with E-state index in [0.717, 1.165) is 12.8 Å². The Hall–Kier alpha value is -1.69. The quantitative estimate of drug-likeness (QED) is 0.574. The number of rotatable bonds is 3. The number of pyridine rings is 1. The first kappa shape index (κ1) is 13.7. The molecule has 104 valence electrons. The highest BCUT2D eigenvalue weighted by Crippen LogP contribution is 2.31. The van der Waals surface area contributed by atoms with E-state index >= 15 is 0 Å². The van der Waals surface area contributed by atoms with Crippen molar-refractivity contribution in [3.63, 3.8) is 0 Å². The largest absolute Gasteiger partial charge is 0.349 e. The third-order valence-corrected chi connectivity index (χ3v) is 4.05. The first-order valence-electron chi connectivity index (χ1n) is 6.46. The lowest BCUT2D eigenvalue weighted by Crippen LogP contribution is -2.37. The maximum atomic E-state index is 13.9. The number of hydrazine groups is 1. The number of nitrogens with two attached hydrogens (primary N) is 1. The summed E-state index contributed by atoms with van der Waals surface area (Å²) in [5.74, 6) is 4.86. The highest BCUT2D eigenvalue weighted by molar-refractivity contribution is 5.95. The van der Waals surface area contributed by atoms with Crippen LogP contribution in [0.25, 0.3) is 0 Å². The summed E-state index contributed by atoms with van der Waals surface area (Å²) in [6.45, 7) is 4.28. The van der Waals surface area contributed by atoms with E-state index < -0.39 is 11.7 Å². The number of hydrogen-bond acceptors (Lipinski definition) is 4. The molecule has 3 atom stereocenters. The molecule has 1 amide bonds. The summed E-state index contributed by atoms with van der Waals surface area (Å²) >= 11 is 0. The van der Waals surface area contributed by atoms with Crippen molar-refractivity contribution >= 4 is 11.7 Å². The van der Waals surface area contributed by atoms with Crippen molar-refractivity contribution in [2.24, 2.45) is 17.7 Å². The normalized spacial score (nSPS) is 26.2. The molecule has 1 aliphatic carbocycles. The lowest BCUT2D eigenvalue weighted by atomic mass is 9.97. The van der Waals surface area contributed by atoms with Gasteiger partial charge in [-0.25, -0.2) is 15.2 Å². The van der Waals surface area contributed by atoms with Gasteiger partial charge in [-0.1, -0.05) is 13.8 Å². The molecule has 1 heterocycles. The fourth-order valence-corrected chi connectivity index (χ4v) is 2.53. The van der Waals surface area contributed by atoms with E-state index in [1.54, 1.807) is 0 Å². The van der Waals surface area contributed by atoms with Crippen LogP contribution < -0.4 is 16.6 Å². The number of amides is 1. The van der Waals surface area contributed by atoms with Crippen molar-refractivity contribution in [2.75, 3.05) is 5.43 Å². The van der Waals surface area contributed by atoms with Gasteiger partial charge in [0.1, 0.15) is 0 Å². The van der Waals surface area contributed by atoms with Crippen LogP contribution in [-0.4, -0.2) is 16.9 Å². The lowest BCUT2D eigenvalue weighted by Gasteiger charge is -2.20. The number of nitrogens with zero attached hydrogens (tertiary/aromatic N) is 1. The van der Waals surface area contributed by atoms with Gasteiger partial charge in [0.05, 0.1) is 5.56 Å². The number of carbonyl (C=O) groups excluding carboxylic acids is 1. The molecule has 1 aromatic heterocycles. The fraction of sp³-hybridized carbons (Fsp3) is 0.538. The van der Waals surface area contributed by atoms with E-state index in [0.29, 0.717) is 11.8 Å². The van der Waals surface area contributed by atoms with Gasteiger partial charge in [0.15, 0.2) is 11.6 Å². The molecule has 0 aliphatic heterocycles. The summed E-state index contributed by atoms with van der Waals surface area (Å²) in [5, 5.41) is 2.89. The highest BCUT2D eigenvalue weighted by Gasteiger charge is 2.31. The summed E-state index contributed by atoms with van der Waals surface area (Å²) in [7, 11) is 0. The number of nitrogen functional groups attached to an aromatic ring is 1. The van der Waals surface area contributed by atoms with Gasteiger partial charge in [0.2, 0.25) is 0 Å². The molecule has 5 nitrogen and oxygen atoms in total. The van der Waals surface area contributed by atoms with Crippen molar-refractivity contribution in [3.05, 3.63) is 23.6 Å². The molecule has 1 aromatic rings. The topological polar surface area (TPSA) is 80.0 Å². The predicted octanol–water partition coefficient (Wildman–Crippen LogP) is 1.67. The minimum absolute atomic E-state index is 0.0327. The maximum Gasteiger partial charge on any atom is 0.254 e. The van der Waals surface area contributed by atoms with Crippen LogP contribution in [0, 0.1) is 17.7 Å². The summed E-state index contributed by atoms with van der Waals surface area (Å²) in [4.78, 5) is 15.8. The first-order valence-corrected chi connectivity index (χ1v) is 6.46.